The van der Waals surface area contributed by atoms with E-state index in [2.05, 4.69) is 71.8 Å². The van der Waals surface area contributed by atoms with Crippen molar-refractivity contribution in [2.75, 3.05) is 0 Å². The molecule has 0 atom stereocenters. The van der Waals surface area contributed by atoms with E-state index in [0.29, 0.717) is 0 Å². The lowest BCUT2D eigenvalue weighted by atomic mass is 9.89. The highest BCUT2D eigenvalue weighted by Crippen LogP contribution is 2.29. The van der Waals surface area contributed by atoms with E-state index in [1.54, 1.807) is 0 Å². The Morgan fingerprint density at radius 3 is 2.46 bits per heavy atom. The first-order valence-electron chi connectivity index (χ1n) is 8.84. The summed E-state index contributed by atoms with van der Waals surface area (Å²) >= 11 is 0. The maximum absolute atomic E-state index is 3.50. The molecule has 1 aliphatic rings. The summed E-state index contributed by atoms with van der Waals surface area (Å²) in [6, 6.07) is 22.3. The second-order valence-electron chi connectivity index (χ2n) is 6.83. The third-order valence-corrected chi connectivity index (χ3v) is 5.34. The zero-order chi connectivity index (χ0) is 15.9. The number of hydrogen-bond acceptors (Lipinski definition) is 0. The van der Waals surface area contributed by atoms with Crippen molar-refractivity contribution in [2.24, 2.45) is 0 Å². The van der Waals surface area contributed by atoms with Crippen molar-refractivity contribution < 1.29 is 4.98 Å². The summed E-state index contributed by atoms with van der Waals surface area (Å²) in [6.45, 7) is 0. The lowest BCUT2D eigenvalue weighted by molar-refractivity contribution is -0.362. The van der Waals surface area contributed by atoms with E-state index < -0.39 is 0 Å². The second kappa shape index (κ2) is 5.45. The van der Waals surface area contributed by atoms with Gasteiger partial charge in [-0.05, 0) is 65.8 Å². The Morgan fingerprint density at radius 2 is 1.50 bits per heavy atom. The predicted molar refractivity (Wildman–Crippen MR) is 100 cm³/mol. The molecule has 0 aliphatic heterocycles. The van der Waals surface area contributed by atoms with Gasteiger partial charge in [-0.15, -0.1) is 0 Å². The summed E-state index contributed by atoms with van der Waals surface area (Å²) in [4.78, 5) is 3.50. The van der Waals surface area contributed by atoms with Gasteiger partial charge >= 0.3 is 0 Å². The van der Waals surface area contributed by atoms with Gasteiger partial charge in [0.1, 0.15) is 0 Å². The van der Waals surface area contributed by atoms with Gasteiger partial charge in [0.05, 0.1) is 0 Å². The monoisotopic (exact) mass is 310 g/mol. The van der Waals surface area contributed by atoms with Gasteiger partial charge in [0, 0.05) is 22.4 Å². The summed E-state index contributed by atoms with van der Waals surface area (Å²) in [7, 11) is 0. The maximum Gasteiger partial charge on any atom is 0.211 e. The molecule has 0 unspecified atom stereocenters. The van der Waals surface area contributed by atoms with Crippen LogP contribution in [0.25, 0.3) is 32.8 Å². The van der Waals surface area contributed by atoms with E-state index in [9.17, 15) is 0 Å². The average molecular weight is 310 g/mol. The molecule has 1 heteroatoms. The molecular weight excluding hydrogens is 290 g/mol. The first-order valence-corrected chi connectivity index (χ1v) is 8.84. The largest absolute Gasteiger partial charge is 0.211 e. The number of pyridine rings is 1. The molecule has 0 fully saturated rings. The fourth-order valence-corrected chi connectivity index (χ4v) is 4.01. The van der Waals surface area contributed by atoms with Crippen molar-refractivity contribution in [3.8, 4) is 11.3 Å². The summed E-state index contributed by atoms with van der Waals surface area (Å²) in [5.74, 6) is 0. The normalized spacial score (nSPS) is 14.0. The summed E-state index contributed by atoms with van der Waals surface area (Å²) in [5.41, 5.74) is 5.57. The van der Waals surface area contributed by atoms with E-state index in [1.165, 1.54) is 69.6 Å². The minimum atomic E-state index is 1.20. The van der Waals surface area contributed by atoms with Gasteiger partial charge in [0.25, 0.3) is 0 Å². The van der Waals surface area contributed by atoms with Crippen LogP contribution < -0.4 is 4.98 Å². The maximum atomic E-state index is 3.50. The molecule has 0 spiro atoms. The van der Waals surface area contributed by atoms with Gasteiger partial charge < -0.3 is 0 Å². The topological polar surface area (TPSA) is 14.1 Å². The Balaban J connectivity index is 1.71. The minimum absolute atomic E-state index is 1.20. The second-order valence-corrected chi connectivity index (χ2v) is 6.83. The van der Waals surface area contributed by atoms with Crippen molar-refractivity contribution >= 4 is 21.5 Å². The standard InChI is InChI=1S/C23H19N/c1-2-7-18-13-19(11-9-16(18)5-1)23-14-22-20(15-24-23)12-10-17-6-3-4-8-21(17)22/h3-4,6,8-15H,1-2,5,7H2/p+1. The van der Waals surface area contributed by atoms with Crippen LogP contribution in [-0.2, 0) is 12.8 Å². The van der Waals surface area contributed by atoms with Gasteiger partial charge in [-0.3, -0.25) is 0 Å². The number of hydrogen-bond donors (Lipinski definition) is 0. The molecule has 4 aromatic rings. The van der Waals surface area contributed by atoms with Gasteiger partial charge in [0.2, 0.25) is 5.69 Å². The van der Waals surface area contributed by atoms with Crippen molar-refractivity contribution in [1.82, 2.24) is 0 Å². The van der Waals surface area contributed by atoms with Crippen molar-refractivity contribution in [2.45, 2.75) is 25.7 Å². The number of benzene rings is 3. The first kappa shape index (κ1) is 13.7. The Morgan fingerprint density at radius 1 is 0.667 bits per heavy atom. The Hall–Kier alpha value is -2.67. The van der Waals surface area contributed by atoms with Crippen LogP contribution in [0.2, 0.25) is 0 Å². The van der Waals surface area contributed by atoms with Crippen molar-refractivity contribution in [3.63, 3.8) is 0 Å². The number of aromatic nitrogens is 1. The molecule has 1 aliphatic carbocycles. The minimum Gasteiger partial charge on any atom is -0.210 e. The average Bonchev–Trinajstić information content (AvgIpc) is 2.67. The van der Waals surface area contributed by atoms with Gasteiger partial charge in [0.15, 0.2) is 6.20 Å². The zero-order valence-electron chi connectivity index (χ0n) is 13.7. The fraction of sp³-hybridized carbons (Fsp3) is 0.174. The Kier molecular flexibility index (Phi) is 3.12. The van der Waals surface area contributed by atoms with E-state index in [1.807, 2.05) is 0 Å². The molecular formula is C23H20N+. The highest BCUT2D eigenvalue weighted by Gasteiger charge is 2.14. The third kappa shape index (κ3) is 2.20. The smallest absolute Gasteiger partial charge is 0.210 e. The van der Waals surface area contributed by atoms with Crippen LogP contribution in [0.5, 0.6) is 0 Å². The van der Waals surface area contributed by atoms with Crippen LogP contribution in [0.15, 0.2) is 66.9 Å². The molecule has 0 amide bonds. The lowest BCUT2D eigenvalue weighted by Gasteiger charge is -2.15. The number of H-pyrrole nitrogens is 1. The third-order valence-electron chi connectivity index (χ3n) is 5.34. The number of nitrogens with one attached hydrogen (secondary N) is 1. The van der Waals surface area contributed by atoms with Crippen LogP contribution in [0.4, 0.5) is 0 Å². The summed E-state index contributed by atoms with van der Waals surface area (Å²) < 4.78 is 0. The van der Waals surface area contributed by atoms with Crippen molar-refractivity contribution in [1.29, 1.82) is 0 Å². The number of aromatic amines is 1. The molecule has 24 heavy (non-hydrogen) atoms. The summed E-state index contributed by atoms with van der Waals surface area (Å²) in [5, 5.41) is 5.20. The van der Waals surface area contributed by atoms with Crippen LogP contribution in [0.3, 0.4) is 0 Å². The first-order chi connectivity index (χ1) is 11.9. The van der Waals surface area contributed by atoms with E-state index in [4.69, 9.17) is 0 Å². The highest BCUT2D eigenvalue weighted by atomic mass is 14.7. The molecule has 5 rings (SSSR count). The molecule has 0 saturated heterocycles. The zero-order valence-corrected chi connectivity index (χ0v) is 13.7. The van der Waals surface area contributed by atoms with Gasteiger partial charge in [-0.25, -0.2) is 4.98 Å². The molecule has 0 radical (unpaired) electrons. The lowest BCUT2D eigenvalue weighted by Crippen LogP contribution is -2.08. The molecule has 0 saturated carbocycles. The van der Waals surface area contributed by atoms with Gasteiger partial charge in [-0.1, -0.05) is 36.4 Å². The number of aryl methyl sites for hydroxylation is 2. The van der Waals surface area contributed by atoms with Gasteiger partial charge in [-0.2, -0.15) is 0 Å². The molecule has 1 aromatic heterocycles. The van der Waals surface area contributed by atoms with Crippen LogP contribution >= 0.6 is 0 Å². The summed E-state index contributed by atoms with van der Waals surface area (Å²) in [6.07, 6.45) is 7.25. The molecule has 3 aromatic carbocycles. The SMILES string of the molecule is c1ccc2c(c1)ccc1c[nH+]c(-c3ccc4c(c3)CCCC4)cc12. The highest BCUT2D eigenvalue weighted by molar-refractivity contribution is 6.07. The number of fused-ring (bicyclic) bond motifs is 4. The Bertz CT molecular complexity index is 1060. The molecule has 116 valence electrons. The number of rotatable bonds is 1. The molecule has 1 N–H and O–H groups in total. The molecule has 0 bridgehead atoms. The van der Waals surface area contributed by atoms with Crippen LogP contribution in [-0.4, -0.2) is 0 Å². The van der Waals surface area contributed by atoms with E-state index in [0.717, 1.165) is 0 Å². The molecule has 1 heterocycles. The van der Waals surface area contributed by atoms with Crippen LogP contribution in [0, 0.1) is 0 Å². The van der Waals surface area contributed by atoms with E-state index in [-0.39, 0.29) is 0 Å². The molecule has 1 nitrogen and oxygen atoms in total. The predicted octanol–water partition coefficient (Wildman–Crippen LogP) is 5.35. The Labute approximate surface area is 142 Å². The van der Waals surface area contributed by atoms with E-state index >= 15 is 0 Å². The quantitative estimate of drug-likeness (QED) is 0.421. The van der Waals surface area contributed by atoms with Crippen LogP contribution in [0.1, 0.15) is 24.0 Å². The fourth-order valence-electron chi connectivity index (χ4n) is 4.01. The van der Waals surface area contributed by atoms with Crippen molar-refractivity contribution in [3.05, 3.63) is 78.0 Å².